The first-order valence-corrected chi connectivity index (χ1v) is 4.80. The van der Waals surface area contributed by atoms with Crippen molar-refractivity contribution in [2.24, 2.45) is 0 Å². The summed E-state index contributed by atoms with van der Waals surface area (Å²) >= 11 is 0. The van der Waals surface area contributed by atoms with Gasteiger partial charge in [-0.15, -0.1) is 0 Å². The van der Waals surface area contributed by atoms with Gasteiger partial charge < -0.3 is 14.6 Å². The largest absolute Gasteiger partial charge is 0.504 e. The van der Waals surface area contributed by atoms with Crippen LogP contribution in [0, 0.1) is 0 Å². The van der Waals surface area contributed by atoms with Crippen LogP contribution in [0.4, 0.5) is 0 Å². The molecule has 0 aliphatic rings. The zero-order valence-electron chi connectivity index (χ0n) is 8.82. The highest BCUT2D eigenvalue weighted by molar-refractivity contribution is 5.82. The van der Waals surface area contributed by atoms with E-state index in [9.17, 15) is 9.90 Å². The van der Waals surface area contributed by atoms with Gasteiger partial charge in [-0.1, -0.05) is 0 Å². The third-order valence-electron chi connectivity index (χ3n) is 1.82. The van der Waals surface area contributed by atoms with Crippen molar-refractivity contribution >= 4 is 6.29 Å². The van der Waals surface area contributed by atoms with Crippen molar-refractivity contribution in [3.63, 3.8) is 0 Å². The maximum Gasteiger partial charge on any atom is 0.168 e. The van der Waals surface area contributed by atoms with E-state index in [4.69, 9.17) is 9.47 Å². The highest BCUT2D eigenvalue weighted by atomic mass is 16.5. The number of ether oxygens (including phenoxy) is 2. The van der Waals surface area contributed by atoms with Crippen molar-refractivity contribution in [3.8, 4) is 17.2 Å². The fourth-order valence-electron chi connectivity index (χ4n) is 1.21. The Morgan fingerprint density at radius 1 is 1.27 bits per heavy atom. The van der Waals surface area contributed by atoms with Crippen LogP contribution < -0.4 is 9.47 Å². The maximum absolute atomic E-state index is 10.7. The first-order chi connectivity index (χ1) is 7.22. The monoisotopic (exact) mass is 210 g/mol. The molecule has 0 bridgehead atoms. The molecule has 0 saturated heterocycles. The van der Waals surface area contributed by atoms with E-state index in [1.165, 1.54) is 6.07 Å². The van der Waals surface area contributed by atoms with Gasteiger partial charge in [0.1, 0.15) is 5.75 Å². The van der Waals surface area contributed by atoms with Gasteiger partial charge in [0.15, 0.2) is 17.8 Å². The third kappa shape index (κ3) is 2.62. The van der Waals surface area contributed by atoms with Crippen molar-refractivity contribution in [3.05, 3.63) is 17.7 Å². The van der Waals surface area contributed by atoms with E-state index in [2.05, 4.69) is 0 Å². The summed E-state index contributed by atoms with van der Waals surface area (Å²) in [6, 6.07) is 3.05. The number of carbonyl (C=O) groups is 1. The van der Waals surface area contributed by atoms with Gasteiger partial charge in [-0.25, -0.2) is 0 Å². The van der Waals surface area contributed by atoms with Gasteiger partial charge in [0.25, 0.3) is 0 Å². The Bertz CT molecular complexity index is 347. The highest BCUT2D eigenvalue weighted by Crippen LogP contribution is 2.33. The molecule has 1 rings (SSSR count). The van der Waals surface area contributed by atoms with Crippen molar-refractivity contribution in [1.29, 1.82) is 0 Å². The van der Waals surface area contributed by atoms with E-state index in [0.717, 1.165) is 0 Å². The lowest BCUT2D eigenvalue weighted by molar-refractivity contribution is 0.111. The minimum Gasteiger partial charge on any atom is -0.504 e. The van der Waals surface area contributed by atoms with E-state index < -0.39 is 0 Å². The van der Waals surface area contributed by atoms with E-state index in [-0.39, 0.29) is 17.1 Å². The number of rotatable bonds is 5. The minimum absolute atomic E-state index is 0.143. The SMILES string of the molecule is CCOc1cc(C=O)c(O)c(OCC)c1. The number of phenolic OH excluding ortho intramolecular Hbond substituents is 1. The van der Waals surface area contributed by atoms with Crippen molar-refractivity contribution < 1.29 is 19.4 Å². The second kappa shape index (κ2) is 5.24. The van der Waals surface area contributed by atoms with Crippen LogP contribution in [0.15, 0.2) is 12.1 Å². The van der Waals surface area contributed by atoms with E-state index in [0.29, 0.717) is 25.2 Å². The molecule has 0 radical (unpaired) electrons. The predicted molar refractivity (Wildman–Crippen MR) is 55.8 cm³/mol. The first-order valence-electron chi connectivity index (χ1n) is 4.80. The van der Waals surface area contributed by atoms with Gasteiger partial charge >= 0.3 is 0 Å². The molecule has 4 heteroatoms. The Labute approximate surface area is 88.4 Å². The summed E-state index contributed by atoms with van der Waals surface area (Å²) in [6.45, 7) is 4.55. The van der Waals surface area contributed by atoms with Gasteiger partial charge in [0.05, 0.1) is 18.8 Å². The normalized spacial score (nSPS) is 9.73. The fraction of sp³-hybridized carbons (Fsp3) is 0.364. The summed E-state index contributed by atoms with van der Waals surface area (Å²) in [6.07, 6.45) is 0.570. The lowest BCUT2D eigenvalue weighted by Gasteiger charge is -2.10. The molecule has 1 aromatic rings. The average Bonchev–Trinajstić information content (AvgIpc) is 2.23. The van der Waals surface area contributed by atoms with Crippen LogP contribution in [0.5, 0.6) is 17.2 Å². The highest BCUT2D eigenvalue weighted by Gasteiger charge is 2.10. The lowest BCUT2D eigenvalue weighted by atomic mass is 10.2. The Hall–Kier alpha value is -1.71. The average molecular weight is 210 g/mol. The van der Waals surface area contributed by atoms with E-state index >= 15 is 0 Å². The number of aromatic hydroxyl groups is 1. The first kappa shape index (κ1) is 11.4. The number of phenols is 1. The molecule has 0 saturated carbocycles. The Balaban J connectivity index is 3.12. The van der Waals surface area contributed by atoms with Gasteiger partial charge in [-0.3, -0.25) is 4.79 Å². The van der Waals surface area contributed by atoms with Gasteiger partial charge in [-0.2, -0.15) is 0 Å². The number of hydrogen-bond acceptors (Lipinski definition) is 4. The minimum atomic E-state index is -0.143. The molecule has 1 N–H and O–H groups in total. The van der Waals surface area contributed by atoms with Crippen LogP contribution in [-0.2, 0) is 0 Å². The Morgan fingerprint density at radius 3 is 2.47 bits per heavy atom. The smallest absolute Gasteiger partial charge is 0.168 e. The van der Waals surface area contributed by atoms with Crippen molar-refractivity contribution in [1.82, 2.24) is 0 Å². The molecule has 0 aliphatic carbocycles. The van der Waals surface area contributed by atoms with Crippen molar-refractivity contribution in [2.75, 3.05) is 13.2 Å². The summed E-state index contributed by atoms with van der Waals surface area (Å²) in [4.78, 5) is 10.7. The van der Waals surface area contributed by atoms with Crippen LogP contribution in [0.1, 0.15) is 24.2 Å². The molecular formula is C11H14O4. The van der Waals surface area contributed by atoms with Crippen LogP contribution in [0.2, 0.25) is 0 Å². The quantitative estimate of drug-likeness (QED) is 0.755. The molecule has 0 amide bonds. The Morgan fingerprint density at radius 2 is 1.93 bits per heavy atom. The molecule has 15 heavy (non-hydrogen) atoms. The molecule has 0 aliphatic heterocycles. The third-order valence-corrected chi connectivity index (χ3v) is 1.82. The summed E-state index contributed by atoms with van der Waals surface area (Å²) in [5.41, 5.74) is 0.171. The van der Waals surface area contributed by atoms with E-state index in [1.807, 2.05) is 6.92 Å². The molecule has 0 fully saturated rings. The van der Waals surface area contributed by atoms with Crippen LogP contribution in [0.25, 0.3) is 0 Å². The van der Waals surface area contributed by atoms with Crippen LogP contribution >= 0.6 is 0 Å². The molecule has 4 nitrogen and oxygen atoms in total. The predicted octanol–water partition coefficient (Wildman–Crippen LogP) is 2.00. The summed E-state index contributed by atoms with van der Waals surface area (Å²) in [5.74, 6) is 0.640. The van der Waals surface area contributed by atoms with Gasteiger partial charge in [0.2, 0.25) is 0 Å². The molecular weight excluding hydrogens is 196 g/mol. The number of carbonyl (C=O) groups excluding carboxylic acids is 1. The molecule has 1 aromatic carbocycles. The summed E-state index contributed by atoms with van der Waals surface area (Å²) < 4.78 is 10.4. The molecule has 0 heterocycles. The van der Waals surface area contributed by atoms with Gasteiger partial charge in [-0.05, 0) is 19.9 Å². The topological polar surface area (TPSA) is 55.8 Å². The van der Waals surface area contributed by atoms with Crippen LogP contribution in [0.3, 0.4) is 0 Å². The zero-order chi connectivity index (χ0) is 11.3. The molecule has 0 aromatic heterocycles. The number of aldehydes is 1. The second-order valence-electron chi connectivity index (χ2n) is 2.84. The number of benzene rings is 1. The van der Waals surface area contributed by atoms with Crippen LogP contribution in [-0.4, -0.2) is 24.6 Å². The fourth-order valence-corrected chi connectivity index (χ4v) is 1.21. The summed E-state index contributed by atoms with van der Waals surface area (Å²) in [5, 5.41) is 9.60. The van der Waals surface area contributed by atoms with E-state index in [1.54, 1.807) is 13.0 Å². The molecule has 82 valence electrons. The summed E-state index contributed by atoms with van der Waals surface area (Å²) in [7, 11) is 0. The zero-order valence-corrected chi connectivity index (χ0v) is 8.82. The van der Waals surface area contributed by atoms with Gasteiger partial charge in [0, 0.05) is 6.07 Å². The van der Waals surface area contributed by atoms with Crippen molar-refractivity contribution in [2.45, 2.75) is 13.8 Å². The standard InChI is InChI=1S/C11H14O4/c1-3-14-9-5-8(7-12)11(13)10(6-9)15-4-2/h5-7,13H,3-4H2,1-2H3. The maximum atomic E-state index is 10.7. The lowest BCUT2D eigenvalue weighted by Crippen LogP contribution is -1.97. The number of hydrogen-bond donors (Lipinski definition) is 1. The molecule has 0 atom stereocenters. The Kier molecular flexibility index (Phi) is 3.97. The molecule has 0 unspecified atom stereocenters. The molecule has 0 spiro atoms. The second-order valence-corrected chi connectivity index (χ2v) is 2.84.